The van der Waals surface area contributed by atoms with Gasteiger partial charge in [-0.05, 0) is 26.3 Å². The zero-order valence-corrected chi connectivity index (χ0v) is 11.0. The number of rotatable bonds is 6. The van der Waals surface area contributed by atoms with Crippen molar-refractivity contribution >= 4 is 5.97 Å². The van der Waals surface area contributed by atoms with Gasteiger partial charge >= 0.3 is 5.97 Å². The monoisotopic (exact) mass is 254 g/mol. The summed E-state index contributed by atoms with van der Waals surface area (Å²) in [5, 5.41) is 9.12. The van der Waals surface area contributed by atoms with E-state index in [0.717, 1.165) is 10.3 Å². The third-order valence-electron chi connectivity index (χ3n) is 2.29. The summed E-state index contributed by atoms with van der Waals surface area (Å²) in [4.78, 5) is 11.7. The van der Waals surface area contributed by atoms with E-state index in [-0.39, 0.29) is 12.1 Å². The van der Waals surface area contributed by atoms with Gasteiger partial charge in [0.15, 0.2) is 6.10 Å². The number of hydrogen-bond acceptors (Lipinski definition) is 4. The van der Waals surface area contributed by atoms with Gasteiger partial charge in [-0.25, -0.2) is 4.79 Å². The Kier molecular flexibility index (Phi) is 5.58. The van der Waals surface area contributed by atoms with Crippen LogP contribution in [-0.4, -0.2) is 30.0 Å². The highest BCUT2D eigenvalue weighted by molar-refractivity contribution is 5.75. The van der Waals surface area contributed by atoms with Crippen molar-refractivity contribution in [3.63, 3.8) is 0 Å². The second-order valence-electron chi connectivity index (χ2n) is 4.22. The Morgan fingerprint density at radius 2 is 2.00 bits per heavy atom. The number of nitrogens with zero attached hydrogens (tertiary/aromatic N) is 1. The first-order chi connectivity index (χ1) is 8.52. The summed E-state index contributed by atoms with van der Waals surface area (Å²) >= 11 is 0. The SMILES string of the molecule is CCOC(=O)C(Cc1cc[n+](O)cc1)OC(C)C. The van der Waals surface area contributed by atoms with Crippen LogP contribution >= 0.6 is 0 Å². The minimum atomic E-state index is -0.612. The highest BCUT2D eigenvalue weighted by Gasteiger charge is 2.22. The van der Waals surface area contributed by atoms with Gasteiger partial charge in [-0.1, -0.05) is 0 Å². The van der Waals surface area contributed by atoms with Crippen LogP contribution in [0.1, 0.15) is 26.3 Å². The molecule has 1 aromatic rings. The molecule has 0 saturated heterocycles. The minimum absolute atomic E-state index is 0.0501. The number of hydrogen-bond donors (Lipinski definition) is 1. The predicted molar refractivity (Wildman–Crippen MR) is 64.2 cm³/mol. The summed E-state index contributed by atoms with van der Waals surface area (Å²) in [5.74, 6) is -0.355. The fourth-order valence-corrected chi connectivity index (χ4v) is 1.55. The van der Waals surface area contributed by atoms with Gasteiger partial charge < -0.3 is 9.47 Å². The van der Waals surface area contributed by atoms with Gasteiger partial charge in [0.1, 0.15) is 0 Å². The molecule has 1 atom stereocenters. The van der Waals surface area contributed by atoms with Crippen LogP contribution in [0.4, 0.5) is 0 Å². The number of carbonyl (C=O) groups is 1. The van der Waals surface area contributed by atoms with E-state index in [9.17, 15) is 4.79 Å². The summed E-state index contributed by atoms with van der Waals surface area (Å²) in [6.45, 7) is 5.85. The average Bonchev–Trinajstić information content (AvgIpc) is 2.31. The van der Waals surface area contributed by atoms with Crippen molar-refractivity contribution in [2.24, 2.45) is 0 Å². The highest BCUT2D eigenvalue weighted by atomic mass is 16.6. The molecule has 0 bridgehead atoms. The molecule has 18 heavy (non-hydrogen) atoms. The molecule has 0 saturated carbocycles. The van der Waals surface area contributed by atoms with E-state index in [1.807, 2.05) is 13.8 Å². The molecule has 0 aliphatic carbocycles. The highest BCUT2D eigenvalue weighted by Crippen LogP contribution is 2.09. The van der Waals surface area contributed by atoms with Crippen LogP contribution in [0.25, 0.3) is 0 Å². The molecule has 5 heteroatoms. The molecule has 1 N–H and O–H groups in total. The topological polar surface area (TPSA) is 59.6 Å². The third-order valence-corrected chi connectivity index (χ3v) is 2.29. The standard InChI is InChI=1S/C13H20NO4/c1-4-17-13(15)12(18-10(2)3)9-11-5-7-14(16)8-6-11/h5-8,10,12,16H,4,9H2,1-3H3/q+1. The van der Waals surface area contributed by atoms with Crippen LogP contribution in [0.3, 0.4) is 0 Å². The molecule has 1 rings (SSSR count). The Morgan fingerprint density at radius 3 is 2.50 bits per heavy atom. The Balaban J connectivity index is 2.71. The van der Waals surface area contributed by atoms with Gasteiger partial charge in [-0.2, -0.15) is 0 Å². The Labute approximate surface area is 107 Å². The first kappa shape index (κ1) is 14.4. The molecule has 0 fully saturated rings. The summed E-state index contributed by atoms with van der Waals surface area (Å²) in [6, 6.07) is 3.46. The third kappa shape index (κ3) is 4.71. The van der Waals surface area contributed by atoms with Crippen molar-refractivity contribution in [1.29, 1.82) is 0 Å². The van der Waals surface area contributed by atoms with Gasteiger partial charge in [-0.15, -0.1) is 0 Å². The maximum absolute atomic E-state index is 11.7. The van der Waals surface area contributed by atoms with Crippen molar-refractivity contribution in [2.45, 2.75) is 39.4 Å². The zero-order valence-electron chi connectivity index (χ0n) is 11.0. The molecule has 0 spiro atoms. The lowest BCUT2D eigenvalue weighted by Crippen LogP contribution is -2.32. The molecular weight excluding hydrogens is 234 g/mol. The zero-order chi connectivity index (χ0) is 13.5. The number of carbonyl (C=O) groups excluding carboxylic acids is 1. The first-order valence-corrected chi connectivity index (χ1v) is 6.04. The number of ether oxygens (including phenoxy) is 2. The van der Waals surface area contributed by atoms with Crippen molar-refractivity contribution in [1.82, 2.24) is 0 Å². The molecular formula is C13H20NO4+. The first-order valence-electron chi connectivity index (χ1n) is 6.04. The molecule has 0 amide bonds. The van der Waals surface area contributed by atoms with Crippen molar-refractivity contribution in [2.75, 3.05) is 6.61 Å². The summed E-state index contributed by atoms with van der Waals surface area (Å²) < 4.78 is 11.5. The van der Waals surface area contributed by atoms with Crippen molar-refractivity contribution in [3.8, 4) is 0 Å². The van der Waals surface area contributed by atoms with Gasteiger partial charge in [0.2, 0.25) is 12.4 Å². The number of esters is 1. The Hall–Kier alpha value is -1.62. The maximum Gasteiger partial charge on any atom is 0.335 e. The molecule has 0 aliphatic heterocycles. The molecule has 100 valence electrons. The summed E-state index contributed by atoms with van der Waals surface area (Å²) in [7, 11) is 0. The number of aromatic nitrogens is 1. The predicted octanol–water partition coefficient (Wildman–Crippen LogP) is 1.11. The van der Waals surface area contributed by atoms with Gasteiger partial charge in [0, 0.05) is 23.3 Å². The smallest absolute Gasteiger partial charge is 0.335 e. The van der Waals surface area contributed by atoms with Crippen LogP contribution in [0.15, 0.2) is 24.5 Å². The van der Waals surface area contributed by atoms with Crippen molar-refractivity contribution in [3.05, 3.63) is 30.1 Å². The second kappa shape index (κ2) is 6.96. The second-order valence-corrected chi connectivity index (χ2v) is 4.22. The van der Waals surface area contributed by atoms with Crippen LogP contribution < -0.4 is 4.73 Å². The van der Waals surface area contributed by atoms with Crippen LogP contribution in [0, 0.1) is 0 Å². The van der Waals surface area contributed by atoms with Crippen LogP contribution in [0.5, 0.6) is 0 Å². The van der Waals surface area contributed by atoms with Gasteiger partial charge in [-0.3, -0.25) is 5.21 Å². The van der Waals surface area contributed by atoms with E-state index in [1.165, 1.54) is 12.4 Å². The van der Waals surface area contributed by atoms with E-state index in [1.54, 1.807) is 19.1 Å². The van der Waals surface area contributed by atoms with Crippen LogP contribution in [-0.2, 0) is 20.7 Å². The van der Waals surface area contributed by atoms with E-state index >= 15 is 0 Å². The average molecular weight is 254 g/mol. The van der Waals surface area contributed by atoms with Gasteiger partial charge in [0.25, 0.3) is 0 Å². The van der Waals surface area contributed by atoms with E-state index in [2.05, 4.69) is 0 Å². The fourth-order valence-electron chi connectivity index (χ4n) is 1.55. The van der Waals surface area contributed by atoms with Crippen LogP contribution in [0.2, 0.25) is 0 Å². The molecule has 1 unspecified atom stereocenters. The lowest BCUT2D eigenvalue weighted by Gasteiger charge is -2.18. The lowest BCUT2D eigenvalue weighted by atomic mass is 10.1. The summed E-state index contributed by atoms with van der Waals surface area (Å²) in [5.41, 5.74) is 0.902. The van der Waals surface area contributed by atoms with E-state index in [4.69, 9.17) is 14.7 Å². The minimum Gasteiger partial charge on any atom is -0.464 e. The van der Waals surface area contributed by atoms with Gasteiger partial charge in [0.05, 0.1) is 12.7 Å². The summed E-state index contributed by atoms with van der Waals surface area (Å²) in [6.07, 6.45) is 2.78. The Morgan fingerprint density at radius 1 is 1.39 bits per heavy atom. The molecule has 5 nitrogen and oxygen atoms in total. The molecule has 0 radical (unpaired) electrons. The largest absolute Gasteiger partial charge is 0.464 e. The van der Waals surface area contributed by atoms with E-state index in [0.29, 0.717) is 13.0 Å². The number of pyridine rings is 1. The fraction of sp³-hybridized carbons (Fsp3) is 0.538. The van der Waals surface area contributed by atoms with Crippen molar-refractivity contribution < 1.29 is 24.2 Å². The molecule has 1 heterocycles. The normalized spacial score (nSPS) is 12.4. The quantitative estimate of drug-likeness (QED) is 0.469. The van der Waals surface area contributed by atoms with E-state index < -0.39 is 6.10 Å². The molecule has 1 aromatic heterocycles. The maximum atomic E-state index is 11.7. The Bertz CT molecular complexity index is 375. The lowest BCUT2D eigenvalue weighted by molar-refractivity contribution is -0.904. The molecule has 0 aliphatic rings. The molecule has 0 aromatic carbocycles.